The van der Waals surface area contributed by atoms with E-state index < -0.39 is 11.9 Å². The summed E-state index contributed by atoms with van der Waals surface area (Å²) < 4.78 is 0. The van der Waals surface area contributed by atoms with Gasteiger partial charge >= 0.3 is 5.97 Å². The molecule has 0 aliphatic heterocycles. The van der Waals surface area contributed by atoms with Crippen LogP contribution in [0.15, 0.2) is 30.3 Å². The molecular weight excluding hydrogens is 302 g/mol. The van der Waals surface area contributed by atoms with E-state index in [-0.39, 0.29) is 12.2 Å². The number of aliphatic carboxylic acids is 1. The third kappa shape index (κ3) is 4.05. The van der Waals surface area contributed by atoms with Crippen molar-refractivity contribution in [3.63, 3.8) is 0 Å². The van der Waals surface area contributed by atoms with Crippen molar-refractivity contribution in [3.05, 3.63) is 36.0 Å². The van der Waals surface area contributed by atoms with Crippen molar-refractivity contribution < 1.29 is 14.7 Å². The summed E-state index contributed by atoms with van der Waals surface area (Å²) in [6.07, 6.45) is 7.41. The lowest BCUT2D eigenvalue weighted by molar-refractivity contribution is -0.142. The Morgan fingerprint density at radius 2 is 1.92 bits per heavy atom. The van der Waals surface area contributed by atoms with Crippen molar-refractivity contribution in [2.75, 3.05) is 0 Å². The van der Waals surface area contributed by atoms with Gasteiger partial charge in [0.2, 0.25) is 0 Å². The molecule has 1 heterocycles. The lowest BCUT2D eigenvalue weighted by Gasteiger charge is -2.24. The maximum atomic E-state index is 12.4. The molecule has 1 fully saturated rings. The van der Waals surface area contributed by atoms with E-state index in [9.17, 15) is 14.7 Å². The van der Waals surface area contributed by atoms with Gasteiger partial charge in [-0.05, 0) is 30.9 Å². The van der Waals surface area contributed by atoms with E-state index in [1.54, 1.807) is 0 Å². The molecule has 0 amide bonds. The summed E-state index contributed by atoms with van der Waals surface area (Å²) in [5.74, 6) is -0.643. The van der Waals surface area contributed by atoms with Crippen LogP contribution in [0.25, 0.3) is 10.9 Å². The molecule has 0 spiro atoms. The fourth-order valence-corrected chi connectivity index (χ4v) is 3.83. The number of aromatic nitrogens is 1. The molecule has 128 valence electrons. The van der Waals surface area contributed by atoms with Crippen LogP contribution in [-0.2, 0) is 4.79 Å². The van der Waals surface area contributed by atoms with Gasteiger partial charge in [-0.15, -0.1) is 0 Å². The highest BCUT2D eigenvalue weighted by atomic mass is 16.4. The average molecular weight is 327 g/mol. The minimum absolute atomic E-state index is 0.00101. The molecule has 1 aliphatic carbocycles. The van der Waals surface area contributed by atoms with E-state index in [0.29, 0.717) is 18.0 Å². The highest BCUT2D eigenvalue weighted by Gasteiger charge is 2.25. The van der Waals surface area contributed by atoms with Crippen molar-refractivity contribution >= 4 is 22.7 Å². The monoisotopic (exact) mass is 327 g/mol. The van der Waals surface area contributed by atoms with Gasteiger partial charge in [-0.3, -0.25) is 9.59 Å². The van der Waals surface area contributed by atoms with E-state index in [1.165, 1.54) is 19.3 Å². The van der Waals surface area contributed by atoms with Gasteiger partial charge in [0.1, 0.15) is 0 Å². The lowest BCUT2D eigenvalue weighted by Crippen LogP contribution is -2.20. The summed E-state index contributed by atoms with van der Waals surface area (Å²) in [6.45, 7) is 0. The van der Waals surface area contributed by atoms with Crippen LogP contribution in [0.2, 0.25) is 0 Å². The van der Waals surface area contributed by atoms with Crippen LogP contribution in [-0.4, -0.2) is 21.8 Å². The fraction of sp³-hybridized carbons (Fsp3) is 0.500. The first kappa shape index (κ1) is 16.7. The molecule has 24 heavy (non-hydrogen) atoms. The molecule has 0 radical (unpaired) electrons. The third-order valence-electron chi connectivity index (χ3n) is 5.24. The van der Waals surface area contributed by atoms with Gasteiger partial charge in [0.25, 0.3) is 0 Å². The first-order valence-electron chi connectivity index (χ1n) is 8.97. The second-order valence-electron chi connectivity index (χ2n) is 7.01. The van der Waals surface area contributed by atoms with E-state index in [4.69, 9.17) is 0 Å². The molecule has 1 aromatic carbocycles. The summed E-state index contributed by atoms with van der Waals surface area (Å²) in [4.78, 5) is 27.1. The number of rotatable bonds is 7. The van der Waals surface area contributed by atoms with Gasteiger partial charge in [-0.2, -0.15) is 0 Å². The van der Waals surface area contributed by atoms with Crippen LogP contribution in [0.3, 0.4) is 0 Å². The highest BCUT2D eigenvalue weighted by Crippen LogP contribution is 2.31. The van der Waals surface area contributed by atoms with Crippen molar-refractivity contribution in [1.82, 2.24) is 4.98 Å². The molecule has 0 unspecified atom stereocenters. The van der Waals surface area contributed by atoms with Gasteiger partial charge in [0, 0.05) is 17.3 Å². The molecule has 2 N–H and O–H groups in total. The molecule has 1 saturated carbocycles. The van der Waals surface area contributed by atoms with E-state index in [1.807, 2.05) is 30.3 Å². The molecule has 1 aromatic heterocycles. The zero-order chi connectivity index (χ0) is 16.9. The number of aromatic amines is 1. The lowest BCUT2D eigenvalue weighted by atomic mass is 9.81. The Bertz CT molecular complexity index is 679. The minimum Gasteiger partial charge on any atom is -0.481 e. The SMILES string of the molecule is O=C(CC[C@@H](CC1CCCCC1)C(=O)O)c1cc2ccccc2[nH]1. The van der Waals surface area contributed by atoms with Gasteiger partial charge in [0.05, 0.1) is 11.6 Å². The molecule has 1 atom stereocenters. The number of hydrogen-bond donors (Lipinski definition) is 2. The number of carboxylic acid groups (broad SMARTS) is 1. The van der Waals surface area contributed by atoms with Crippen LogP contribution < -0.4 is 0 Å². The largest absolute Gasteiger partial charge is 0.481 e. The number of fused-ring (bicyclic) bond motifs is 1. The van der Waals surface area contributed by atoms with Gasteiger partial charge in [-0.1, -0.05) is 50.3 Å². The quantitative estimate of drug-likeness (QED) is 0.717. The molecule has 2 aromatic rings. The van der Waals surface area contributed by atoms with Crippen LogP contribution in [0.5, 0.6) is 0 Å². The van der Waals surface area contributed by atoms with Gasteiger partial charge < -0.3 is 10.1 Å². The van der Waals surface area contributed by atoms with Crippen LogP contribution in [0.4, 0.5) is 0 Å². The Morgan fingerprint density at radius 3 is 2.62 bits per heavy atom. The number of ketones is 1. The number of para-hydroxylation sites is 1. The molecule has 4 heteroatoms. The van der Waals surface area contributed by atoms with Crippen molar-refractivity contribution in [2.45, 2.75) is 51.4 Å². The number of carbonyl (C=O) groups excluding carboxylic acids is 1. The summed E-state index contributed by atoms with van der Waals surface area (Å²) in [5.41, 5.74) is 1.52. The summed E-state index contributed by atoms with van der Waals surface area (Å²) in [6, 6.07) is 9.63. The standard InChI is InChI=1S/C20H25NO3/c22-19(18-13-15-8-4-5-9-17(15)21-18)11-10-16(20(23)24)12-14-6-2-1-3-7-14/h4-5,8-9,13-14,16,21H,1-3,6-7,10-12H2,(H,23,24)/t16-/m0/s1. The van der Waals surface area contributed by atoms with Crippen LogP contribution in [0.1, 0.15) is 61.9 Å². The average Bonchev–Trinajstić information content (AvgIpc) is 3.03. The number of Topliss-reactive ketones (excluding diaryl/α,β-unsaturated/α-hetero) is 1. The zero-order valence-corrected chi connectivity index (χ0v) is 14.0. The zero-order valence-electron chi connectivity index (χ0n) is 14.0. The smallest absolute Gasteiger partial charge is 0.306 e. The first-order valence-corrected chi connectivity index (χ1v) is 8.97. The molecule has 4 nitrogen and oxygen atoms in total. The van der Waals surface area contributed by atoms with Crippen LogP contribution >= 0.6 is 0 Å². The molecule has 0 bridgehead atoms. The van der Waals surface area contributed by atoms with Gasteiger partial charge in [0.15, 0.2) is 5.78 Å². The maximum Gasteiger partial charge on any atom is 0.306 e. The third-order valence-corrected chi connectivity index (χ3v) is 5.24. The van der Waals surface area contributed by atoms with Gasteiger partial charge in [-0.25, -0.2) is 0 Å². The number of nitrogens with one attached hydrogen (secondary N) is 1. The number of carboxylic acids is 1. The Labute approximate surface area is 142 Å². The molecule has 1 aliphatic rings. The van der Waals surface area contributed by atoms with Crippen LogP contribution in [0, 0.1) is 11.8 Å². The molecular formula is C20H25NO3. The molecule has 0 saturated heterocycles. The number of hydrogen-bond acceptors (Lipinski definition) is 2. The Balaban J connectivity index is 1.58. The summed E-state index contributed by atoms with van der Waals surface area (Å²) in [7, 11) is 0. The van der Waals surface area contributed by atoms with Crippen molar-refractivity contribution in [1.29, 1.82) is 0 Å². The number of H-pyrrole nitrogens is 1. The maximum absolute atomic E-state index is 12.4. The Hall–Kier alpha value is -2.10. The first-order chi connectivity index (χ1) is 11.6. The van der Waals surface area contributed by atoms with E-state index >= 15 is 0 Å². The fourth-order valence-electron chi connectivity index (χ4n) is 3.83. The Kier molecular flexibility index (Phi) is 5.34. The second-order valence-corrected chi connectivity index (χ2v) is 7.01. The van der Waals surface area contributed by atoms with E-state index in [2.05, 4.69) is 4.98 Å². The predicted octanol–water partition coefficient (Wildman–Crippen LogP) is 4.80. The summed E-state index contributed by atoms with van der Waals surface area (Å²) in [5, 5.41) is 10.5. The summed E-state index contributed by atoms with van der Waals surface area (Å²) >= 11 is 0. The number of benzene rings is 1. The number of carbonyl (C=O) groups is 2. The normalized spacial score (nSPS) is 17.0. The second kappa shape index (κ2) is 7.65. The molecule has 3 rings (SSSR count). The van der Waals surface area contributed by atoms with E-state index in [0.717, 1.165) is 30.2 Å². The minimum atomic E-state index is -0.759. The van der Waals surface area contributed by atoms with Crippen molar-refractivity contribution in [3.8, 4) is 0 Å². The topological polar surface area (TPSA) is 70.2 Å². The predicted molar refractivity (Wildman–Crippen MR) is 94.2 cm³/mol. The van der Waals surface area contributed by atoms with Crippen molar-refractivity contribution in [2.24, 2.45) is 11.8 Å². The highest BCUT2D eigenvalue weighted by molar-refractivity contribution is 5.99. The Morgan fingerprint density at radius 1 is 1.17 bits per heavy atom.